The molecule has 0 saturated carbocycles. The highest BCUT2D eigenvalue weighted by Gasteiger charge is 2.04. The van der Waals surface area contributed by atoms with Gasteiger partial charge in [-0.3, -0.25) is 0 Å². The van der Waals surface area contributed by atoms with Crippen molar-refractivity contribution in [1.29, 1.82) is 0 Å². The molecule has 0 aromatic carbocycles. The number of aliphatic hydroxyl groups is 1. The summed E-state index contributed by atoms with van der Waals surface area (Å²) in [7, 11) is -2.20. The van der Waals surface area contributed by atoms with Gasteiger partial charge in [0.25, 0.3) is 0 Å². The summed E-state index contributed by atoms with van der Waals surface area (Å²) in [4.78, 5) is 0. The fourth-order valence-electron chi connectivity index (χ4n) is 0.222. The van der Waals surface area contributed by atoms with Crippen molar-refractivity contribution < 1.29 is 13.5 Å². The lowest BCUT2D eigenvalue weighted by atomic mass is 10.5. The van der Waals surface area contributed by atoms with Gasteiger partial charge >= 0.3 is 0 Å². The first-order chi connectivity index (χ1) is 3.92. The molecule has 0 aromatic heterocycles. The van der Waals surface area contributed by atoms with Crippen LogP contribution >= 0.6 is 10.8 Å². The first kappa shape index (κ1) is 9.26. The van der Waals surface area contributed by atoms with Gasteiger partial charge in [-0.25, -0.2) is 8.42 Å². The van der Waals surface area contributed by atoms with Crippen molar-refractivity contribution >= 4 is 19.7 Å². The van der Waals surface area contributed by atoms with Gasteiger partial charge in [0.1, 0.15) is 0 Å². The van der Waals surface area contributed by atoms with E-state index in [9.17, 15) is 8.42 Å². The lowest BCUT2D eigenvalue weighted by Crippen LogP contribution is -2.05. The minimum atomic E-state index is -2.96. The van der Waals surface area contributed by atoms with Gasteiger partial charge in [0.2, 0.25) is 0 Å². The fourth-order valence-corrected chi connectivity index (χ4v) is 2.00. The molecular formula is C4H10O3S2. The third kappa shape index (κ3) is 8.26. The van der Waals surface area contributed by atoms with Gasteiger partial charge in [-0.15, -0.1) is 0 Å². The van der Waals surface area contributed by atoms with Crippen LogP contribution in [-0.2, 0) is 8.87 Å². The van der Waals surface area contributed by atoms with E-state index in [0.717, 1.165) is 17.0 Å². The van der Waals surface area contributed by atoms with E-state index in [2.05, 4.69) is 0 Å². The molecule has 0 aliphatic rings. The molecule has 3 nitrogen and oxygen atoms in total. The number of hydrogen-bond acceptors (Lipinski definition) is 4. The molecular weight excluding hydrogens is 160 g/mol. The molecule has 1 atom stereocenters. The molecule has 0 aliphatic heterocycles. The Balaban J connectivity index is 3.53. The maximum atomic E-state index is 10.4. The van der Waals surface area contributed by atoms with Crippen LogP contribution in [-0.4, -0.2) is 31.6 Å². The Morgan fingerprint density at radius 2 is 2.11 bits per heavy atom. The molecule has 0 saturated heterocycles. The van der Waals surface area contributed by atoms with E-state index in [0.29, 0.717) is 0 Å². The van der Waals surface area contributed by atoms with Crippen LogP contribution in [0, 0.1) is 0 Å². The van der Waals surface area contributed by atoms with E-state index in [-0.39, 0.29) is 5.75 Å². The monoisotopic (exact) mass is 170 g/mol. The van der Waals surface area contributed by atoms with Crippen molar-refractivity contribution in [2.24, 2.45) is 0 Å². The highest BCUT2D eigenvalue weighted by atomic mass is 33.1. The summed E-state index contributed by atoms with van der Waals surface area (Å²) in [5, 5.41) is 8.63. The Labute approximate surface area is 58.8 Å². The molecule has 1 N–H and O–H groups in total. The number of hydrogen-bond donors (Lipinski definition) is 1. The Morgan fingerprint density at radius 3 is 2.22 bits per heavy atom. The predicted octanol–water partition coefficient (Wildman–Crippen LogP) is 0.0600. The van der Waals surface area contributed by atoms with Gasteiger partial charge in [-0.05, 0) is 17.7 Å². The Kier molecular flexibility index (Phi) is 3.53. The Hall–Kier alpha value is 0.260. The van der Waals surface area contributed by atoms with E-state index in [1.165, 1.54) is 0 Å². The maximum absolute atomic E-state index is 10.4. The maximum Gasteiger partial charge on any atom is 0.198 e. The Bertz CT molecular complexity index is 159. The van der Waals surface area contributed by atoms with Crippen molar-refractivity contribution in [1.82, 2.24) is 0 Å². The summed E-state index contributed by atoms with van der Waals surface area (Å²) in [5.41, 5.74) is 0. The highest BCUT2D eigenvalue weighted by Crippen LogP contribution is 2.10. The zero-order chi connectivity index (χ0) is 7.49. The van der Waals surface area contributed by atoms with Crippen molar-refractivity contribution in [2.45, 2.75) is 13.0 Å². The normalized spacial score (nSPS) is 15.4. The molecule has 9 heavy (non-hydrogen) atoms. The first-order valence-corrected chi connectivity index (χ1v) is 5.83. The second-order valence-electron chi connectivity index (χ2n) is 1.84. The number of rotatable bonds is 3. The van der Waals surface area contributed by atoms with E-state index in [4.69, 9.17) is 5.11 Å². The Morgan fingerprint density at radius 1 is 1.67 bits per heavy atom. The van der Waals surface area contributed by atoms with Crippen LogP contribution in [0.25, 0.3) is 0 Å². The van der Waals surface area contributed by atoms with Gasteiger partial charge in [-0.2, -0.15) is 0 Å². The minimum Gasteiger partial charge on any atom is -0.393 e. The smallest absolute Gasteiger partial charge is 0.198 e. The quantitative estimate of drug-likeness (QED) is 0.608. The molecule has 0 radical (unpaired) electrons. The topological polar surface area (TPSA) is 54.4 Å². The van der Waals surface area contributed by atoms with Crippen LogP contribution in [0.4, 0.5) is 0 Å². The van der Waals surface area contributed by atoms with Crippen molar-refractivity contribution in [3.8, 4) is 0 Å². The van der Waals surface area contributed by atoms with Crippen LogP contribution in [0.1, 0.15) is 6.92 Å². The standard InChI is InChI=1S/C4H10O3S2/c1-4(5)3-8-9(2,6)7/h4-5H,3H2,1-2H3. The molecule has 0 heterocycles. The SMILES string of the molecule is CC(O)CSS(C)(=O)=O. The summed E-state index contributed by atoms with van der Waals surface area (Å²) in [6, 6.07) is 0. The fraction of sp³-hybridized carbons (Fsp3) is 1.00. The minimum absolute atomic E-state index is 0.249. The van der Waals surface area contributed by atoms with Crippen LogP contribution in [0.5, 0.6) is 0 Å². The predicted molar refractivity (Wildman–Crippen MR) is 39.0 cm³/mol. The van der Waals surface area contributed by atoms with Gasteiger partial charge < -0.3 is 5.11 Å². The van der Waals surface area contributed by atoms with Crippen molar-refractivity contribution in [3.63, 3.8) is 0 Å². The van der Waals surface area contributed by atoms with E-state index in [1.807, 2.05) is 0 Å². The highest BCUT2D eigenvalue weighted by molar-refractivity contribution is 8.71. The first-order valence-electron chi connectivity index (χ1n) is 2.44. The van der Waals surface area contributed by atoms with Crippen LogP contribution in [0.3, 0.4) is 0 Å². The third-order valence-corrected chi connectivity index (χ3v) is 3.26. The molecule has 0 amide bonds. The summed E-state index contributed by atoms with van der Waals surface area (Å²) in [5.74, 6) is 0.249. The summed E-state index contributed by atoms with van der Waals surface area (Å²) >= 11 is 0. The van der Waals surface area contributed by atoms with Crippen molar-refractivity contribution in [3.05, 3.63) is 0 Å². The van der Waals surface area contributed by atoms with Crippen molar-refractivity contribution in [2.75, 3.05) is 12.0 Å². The molecule has 0 fully saturated rings. The third-order valence-electron chi connectivity index (χ3n) is 0.523. The second-order valence-corrected chi connectivity index (χ2v) is 6.34. The summed E-state index contributed by atoms with van der Waals surface area (Å²) in [6.07, 6.45) is 0.574. The molecule has 0 aromatic rings. The van der Waals surface area contributed by atoms with Crippen LogP contribution in [0.2, 0.25) is 0 Å². The van der Waals surface area contributed by atoms with Gasteiger partial charge in [0, 0.05) is 12.0 Å². The molecule has 1 unspecified atom stereocenters. The van der Waals surface area contributed by atoms with E-state index >= 15 is 0 Å². The molecule has 5 heteroatoms. The lowest BCUT2D eigenvalue weighted by molar-refractivity contribution is 0.220. The zero-order valence-corrected chi connectivity index (χ0v) is 7.00. The largest absolute Gasteiger partial charge is 0.393 e. The molecule has 0 rings (SSSR count). The second kappa shape index (κ2) is 3.43. The van der Waals surface area contributed by atoms with Crippen LogP contribution in [0.15, 0.2) is 0 Å². The van der Waals surface area contributed by atoms with Gasteiger partial charge in [0.15, 0.2) is 8.87 Å². The van der Waals surface area contributed by atoms with Crippen LogP contribution < -0.4 is 0 Å². The molecule has 56 valence electrons. The average molecular weight is 170 g/mol. The lowest BCUT2D eigenvalue weighted by Gasteiger charge is -1.99. The summed E-state index contributed by atoms with van der Waals surface area (Å²) < 4.78 is 20.8. The average Bonchev–Trinajstić information content (AvgIpc) is 1.59. The molecule has 0 aliphatic carbocycles. The molecule has 0 spiro atoms. The van der Waals surface area contributed by atoms with Gasteiger partial charge in [0.05, 0.1) is 6.10 Å². The van der Waals surface area contributed by atoms with Gasteiger partial charge in [-0.1, -0.05) is 0 Å². The molecule has 0 bridgehead atoms. The zero-order valence-electron chi connectivity index (χ0n) is 5.36. The van der Waals surface area contributed by atoms with E-state index < -0.39 is 15.0 Å². The summed E-state index contributed by atoms with van der Waals surface area (Å²) in [6.45, 7) is 1.55. The number of aliphatic hydroxyl groups excluding tert-OH is 1. The van der Waals surface area contributed by atoms with E-state index in [1.54, 1.807) is 6.92 Å².